The molecular formula is C16H23FN2O2. The molecule has 2 N–H and O–H groups in total. The van der Waals surface area contributed by atoms with Crippen molar-refractivity contribution in [2.24, 2.45) is 0 Å². The average Bonchev–Trinajstić information content (AvgIpc) is 2.47. The SMILES string of the molecule is CC(O)C1CCCCN1CC(=O)NCc1ccccc1F. The lowest BCUT2D eigenvalue weighted by Crippen LogP contribution is -2.49. The summed E-state index contributed by atoms with van der Waals surface area (Å²) in [5, 5.41) is 12.5. The van der Waals surface area contributed by atoms with Crippen molar-refractivity contribution in [2.75, 3.05) is 13.1 Å². The first kappa shape index (κ1) is 15.9. The number of aliphatic hydroxyl groups excluding tert-OH is 1. The van der Waals surface area contributed by atoms with E-state index in [9.17, 15) is 14.3 Å². The molecule has 4 nitrogen and oxygen atoms in total. The fourth-order valence-corrected chi connectivity index (χ4v) is 2.84. The van der Waals surface area contributed by atoms with Gasteiger partial charge in [0.2, 0.25) is 5.91 Å². The monoisotopic (exact) mass is 294 g/mol. The summed E-state index contributed by atoms with van der Waals surface area (Å²) in [6.45, 7) is 3.03. The van der Waals surface area contributed by atoms with Gasteiger partial charge in [-0.25, -0.2) is 4.39 Å². The van der Waals surface area contributed by atoms with Crippen LogP contribution in [0.2, 0.25) is 0 Å². The zero-order chi connectivity index (χ0) is 15.2. The molecular weight excluding hydrogens is 271 g/mol. The standard InChI is InChI=1S/C16H23FN2O2/c1-12(20)15-8-4-5-9-19(15)11-16(21)18-10-13-6-2-3-7-14(13)17/h2-3,6-7,12,15,20H,4-5,8-11H2,1H3,(H,18,21). The summed E-state index contributed by atoms with van der Waals surface area (Å²) in [5.41, 5.74) is 0.483. The summed E-state index contributed by atoms with van der Waals surface area (Å²) < 4.78 is 13.5. The van der Waals surface area contributed by atoms with Gasteiger partial charge in [-0.15, -0.1) is 0 Å². The normalized spacial score (nSPS) is 21.0. The van der Waals surface area contributed by atoms with Crippen molar-refractivity contribution in [1.82, 2.24) is 10.2 Å². The van der Waals surface area contributed by atoms with Gasteiger partial charge in [0, 0.05) is 18.2 Å². The molecule has 1 aromatic carbocycles. The molecule has 2 unspecified atom stereocenters. The van der Waals surface area contributed by atoms with Gasteiger partial charge in [0.05, 0.1) is 12.6 Å². The summed E-state index contributed by atoms with van der Waals surface area (Å²) in [6, 6.07) is 6.46. The topological polar surface area (TPSA) is 52.6 Å². The van der Waals surface area contributed by atoms with Crippen molar-refractivity contribution in [3.63, 3.8) is 0 Å². The number of aliphatic hydroxyl groups is 1. The summed E-state index contributed by atoms with van der Waals surface area (Å²) in [5.74, 6) is -0.441. The molecule has 21 heavy (non-hydrogen) atoms. The van der Waals surface area contributed by atoms with Gasteiger partial charge in [-0.05, 0) is 32.4 Å². The van der Waals surface area contributed by atoms with Gasteiger partial charge < -0.3 is 10.4 Å². The largest absolute Gasteiger partial charge is 0.392 e. The number of nitrogens with zero attached hydrogens (tertiary/aromatic N) is 1. The van der Waals surface area contributed by atoms with E-state index < -0.39 is 6.10 Å². The third-order valence-electron chi connectivity index (χ3n) is 4.00. The predicted molar refractivity (Wildman–Crippen MR) is 79.1 cm³/mol. The van der Waals surface area contributed by atoms with Gasteiger partial charge in [0.25, 0.3) is 0 Å². The Morgan fingerprint density at radius 2 is 2.24 bits per heavy atom. The van der Waals surface area contributed by atoms with E-state index in [0.29, 0.717) is 5.56 Å². The first-order valence-corrected chi connectivity index (χ1v) is 7.50. The van der Waals surface area contributed by atoms with Crippen LogP contribution >= 0.6 is 0 Å². The zero-order valence-electron chi connectivity index (χ0n) is 12.4. The first-order chi connectivity index (χ1) is 10.1. The molecule has 1 heterocycles. The number of likely N-dealkylation sites (tertiary alicyclic amines) is 1. The first-order valence-electron chi connectivity index (χ1n) is 7.50. The lowest BCUT2D eigenvalue weighted by molar-refractivity contribution is -0.124. The van der Waals surface area contributed by atoms with Crippen molar-refractivity contribution >= 4 is 5.91 Å². The predicted octanol–water partition coefficient (Wildman–Crippen LogP) is 1.68. The van der Waals surface area contributed by atoms with Crippen molar-refractivity contribution < 1.29 is 14.3 Å². The van der Waals surface area contributed by atoms with E-state index in [0.717, 1.165) is 25.8 Å². The molecule has 1 aliphatic heterocycles. The van der Waals surface area contributed by atoms with Gasteiger partial charge in [0.1, 0.15) is 5.82 Å². The Labute approximate surface area is 125 Å². The van der Waals surface area contributed by atoms with Crippen LogP contribution in [0.5, 0.6) is 0 Å². The van der Waals surface area contributed by atoms with Crippen LogP contribution in [0.15, 0.2) is 24.3 Å². The van der Waals surface area contributed by atoms with Crippen LogP contribution in [0, 0.1) is 5.82 Å². The lowest BCUT2D eigenvalue weighted by Gasteiger charge is -2.36. The fraction of sp³-hybridized carbons (Fsp3) is 0.562. The molecule has 2 atom stereocenters. The second-order valence-corrected chi connectivity index (χ2v) is 5.64. The number of piperidine rings is 1. The number of rotatable bonds is 5. The Hall–Kier alpha value is -1.46. The van der Waals surface area contributed by atoms with E-state index in [1.165, 1.54) is 6.07 Å². The minimum Gasteiger partial charge on any atom is -0.392 e. The van der Waals surface area contributed by atoms with Crippen LogP contribution in [0.4, 0.5) is 4.39 Å². The van der Waals surface area contributed by atoms with Crippen molar-refractivity contribution in [1.29, 1.82) is 0 Å². The maximum Gasteiger partial charge on any atom is 0.234 e. The highest BCUT2D eigenvalue weighted by molar-refractivity contribution is 5.78. The number of carbonyl (C=O) groups is 1. The number of hydrogen-bond donors (Lipinski definition) is 2. The second kappa shape index (κ2) is 7.52. The second-order valence-electron chi connectivity index (χ2n) is 5.64. The molecule has 1 saturated heterocycles. The van der Waals surface area contributed by atoms with Gasteiger partial charge in [-0.2, -0.15) is 0 Å². The van der Waals surface area contributed by atoms with E-state index >= 15 is 0 Å². The third-order valence-corrected chi connectivity index (χ3v) is 4.00. The Kier molecular flexibility index (Phi) is 5.70. The number of nitrogens with one attached hydrogen (secondary N) is 1. The van der Waals surface area contributed by atoms with Crippen LogP contribution in [-0.4, -0.2) is 41.1 Å². The highest BCUT2D eigenvalue weighted by atomic mass is 19.1. The van der Waals surface area contributed by atoms with Gasteiger partial charge in [-0.3, -0.25) is 9.69 Å². The smallest absolute Gasteiger partial charge is 0.234 e. The van der Waals surface area contributed by atoms with Crippen LogP contribution in [0.25, 0.3) is 0 Å². The summed E-state index contributed by atoms with van der Waals surface area (Å²) in [4.78, 5) is 14.0. The molecule has 0 aromatic heterocycles. The molecule has 5 heteroatoms. The molecule has 1 amide bonds. The maximum absolute atomic E-state index is 13.5. The molecule has 1 fully saturated rings. The quantitative estimate of drug-likeness (QED) is 0.868. The minimum atomic E-state index is -0.440. The van der Waals surface area contributed by atoms with Crippen molar-refractivity contribution in [3.8, 4) is 0 Å². The molecule has 1 aromatic rings. The van der Waals surface area contributed by atoms with E-state index in [-0.39, 0.29) is 30.9 Å². The summed E-state index contributed by atoms with van der Waals surface area (Å²) in [6.07, 6.45) is 2.61. The lowest BCUT2D eigenvalue weighted by atomic mass is 9.98. The highest BCUT2D eigenvalue weighted by Crippen LogP contribution is 2.19. The third kappa shape index (κ3) is 4.51. The summed E-state index contributed by atoms with van der Waals surface area (Å²) >= 11 is 0. The molecule has 0 aliphatic carbocycles. The number of hydrogen-bond acceptors (Lipinski definition) is 3. The zero-order valence-corrected chi connectivity index (χ0v) is 12.4. The van der Waals surface area contributed by atoms with Crippen LogP contribution in [0.1, 0.15) is 31.7 Å². The fourth-order valence-electron chi connectivity index (χ4n) is 2.84. The number of carbonyl (C=O) groups excluding carboxylic acids is 1. The molecule has 116 valence electrons. The van der Waals surface area contributed by atoms with Crippen molar-refractivity contribution in [2.45, 2.75) is 44.9 Å². The Morgan fingerprint density at radius 3 is 2.95 bits per heavy atom. The van der Waals surface area contributed by atoms with Gasteiger partial charge in [0.15, 0.2) is 0 Å². The van der Waals surface area contributed by atoms with E-state index in [1.54, 1.807) is 25.1 Å². The van der Waals surface area contributed by atoms with Crippen LogP contribution < -0.4 is 5.32 Å². The molecule has 0 radical (unpaired) electrons. The van der Waals surface area contributed by atoms with E-state index in [4.69, 9.17) is 0 Å². The van der Waals surface area contributed by atoms with E-state index in [1.807, 2.05) is 4.90 Å². The van der Waals surface area contributed by atoms with E-state index in [2.05, 4.69) is 5.32 Å². The average molecular weight is 294 g/mol. The molecule has 0 saturated carbocycles. The van der Waals surface area contributed by atoms with Crippen LogP contribution in [-0.2, 0) is 11.3 Å². The maximum atomic E-state index is 13.5. The Balaban J connectivity index is 1.85. The Bertz CT molecular complexity index is 479. The number of benzene rings is 1. The molecule has 1 aliphatic rings. The van der Waals surface area contributed by atoms with Gasteiger partial charge >= 0.3 is 0 Å². The number of halogens is 1. The van der Waals surface area contributed by atoms with Gasteiger partial charge in [-0.1, -0.05) is 24.6 Å². The minimum absolute atomic E-state index is 0.0398. The van der Waals surface area contributed by atoms with Crippen molar-refractivity contribution in [3.05, 3.63) is 35.6 Å². The highest BCUT2D eigenvalue weighted by Gasteiger charge is 2.27. The number of amides is 1. The van der Waals surface area contributed by atoms with Crippen LogP contribution in [0.3, 0.4) is 0 Å². The Morgan fingerprint density at radius 1 is 1.48 bits per heavy atom. The molecule has 2 rings (SSSR count). The summed E-state index contributed by atoms with van der Waals surface area (Å²) in [7, 11) is 0. The molecule has 0 bridgehead atoms. The molecule has 0 spiro atoms.